The standard InChI is InChI=1S/C65H41N3S/c1-38-62(55-34-43-20-6-8-22-45(43)47-24-10-12-26-49(47)55)66-65(67-63(38)56-35-44-21-7-9-23-46(44)48-25-11-13-27-50(48)56)52-30-31-60-61(51-28-14-15-29-59(51)69-60)64(52)68-57-36-41-18-4-2-16-39(41)32-53(57)54-33-40-17-3-5-19-42(40)37-58(54)68/h2-38,62H,1H3/t38-,62?/m0/s1. The summed E-state index contributed by atoms with van der Waals surface area (Å²) in [5, 5.41) is 19.6. The van der Waals surface area contributed by atoms with E-state index in [0.29, 0.717) is 0 Å². The fourth-order valence-electron chi connectivity index (χ4n) is 11.8. The first-order valence-corrected chi connectivity index (χ1v) is 24.7. The average molecular weight is 896 g/mol. The zero-order chi connectivity index (χ0) is 45.3. The quantitative estimate of drug-likeness (QED) is 0.158. The van der Waals surface area contributed by atoms with Gasteiger partial charge in [0, 0.05) is 48.0 Å². The number of thiophene rings is 1. The number of rotatable bonds is 4. The van der Waals surface area contributed by atoms with Crippen molar-refractivity contribution in [3.63, 3.8) is 0 Å². The molecule has 15 rings (SSSR count). The molecular formula is C65H41N3S. The summed E-state index contributed by atoms with van der Waals surface area (Å²) in [4.78, 5) is 11.9. The Morgan fingerprint density at radius 3 is 1.52 bits per heavy atom. The van der Waals surface area contributed by atoms with E-state index in [-0.39, 0.29) is 12.0 Å². The molecule has 0 fully saturated rings. The highest BCUT2D eigenvalue weighted by atomic mass is 32.1. The van der Waals surface area contributed by atoms with Gasteiger partial charge in [-0.3, -0.25) is 4.99 Å². The Morgan fingerprint density at radius 1 is 0.391 bits per heavy atom. The van der Waals surface area contributed by atoms with Crippen LogP contribution in [0.25, 0.3) is 112 Å². The summed E-state index contributed by atoms with van der Waals surface area (Å²) >= 11 is 1.86. The third-order valence-corrected chi connectivity index (χ3v) is 16.2. The minimum atomic E-state index is -0.249. The molecular weight excluding hydrogens is 855 g/mol. The molecule has 1 aliphatic rings. The van der Waals surface area contributed by atoms with Gasteiger partial charge in [0.25, 0.3) is 0 Å². The van der Waals surface area contributed by atoms with Crippen molar-refractivity contribution in [1.29, 1.82) is 0 Å². The number of amidine groups is 1. The third-order valence-electron chi connectivity index (χ3n) is 15.0. The monoisotopic (exact) mass is 895 g/mol. The molecule has 69 heavy (non-hydrogen) atoms. The molecule has 0 N–H and O–H groups in total. The Balaban J connectivity index is 1.10. The molecule has 4 heteroatoms. The molecule has 3 heterocycles. The van der Waals surface area contributed by atoms with Crippen LogP contribution in [0.1, 0.15) is 29.7 Å². The van der Waals surface area contributed by atoms with Crippen LogP contribution in [-0.4, -0.2) is 16.1 Å². The molecule has 322 valence electrons. The molecule has 0 saturated carbocycles. The molecule has 14 aromatic rings. The van der Waals surface area contributed by atoms with Crippen molar-refractivity contribution in [2.75, 3.05) is 0 Å². The highest BCUT2D eigenvalue weighted by Gasteiger charge is 2.34. The van der Waals surface area contributed by atoms with E-state index < -0.39 is 0 Å². The van der Waals surface area contributed by atoms with Gasteiger partial charge < -0.3 is 4.57 Å². The Labute approximate surface area is 401 Å². The van der Waals surface area contributed by atoms with E-state index >= 15 is 0 Å². The highest BCUT2D eigenvalue weighted by Crippen LogP contribution is 2.47. The second-order valence-corrected chi connectivity index (χ2v) is 19.9. The lowest BCUT2D eigenvalue weighted by atomic mass is 9.81. The van der Waals surface area contributed by atoms with E-state index in [1.807, 2.05) is 11.3 Å². The van der Waals surface area contributed by atoms with Crippen LogP contribution in [-0.2, 0) is 0 Å². The van der Waals surface area contributed by atoms with E-state index in [1.54, 1.807) is 0 Å². The average Bonchev–Trinajstić information content (AvgIpc) is 3.93. The first-order valence-electron chi connectivity index (χ1n) is 23.9. The van der Waals surface area contributed by atoms with Gasteiger partial charge >= 0.3 is 0 Å². The smallest absolute Gasteiger partial charge is 0.157 e. The lowest BCUT2D eigenvalue weighted by molar-refractivity contribution is 0.597. The number of hydrogen-bond acceptors (Lipinski definition) is 3. The molecule has 0 aliphatic carbocycles. The van der Waals surface area contributed by atoms with Crippen LogP contribution in [0, 0.1) is 5.92 Å². The number of hydrogen-bond donors (Lipinski definition) is 0. The molecule has 1 aliphatic heterocycles. The number of nitrogens with zero attached hydrogens (tertiary/aromatic N) is 3. The molecule has 0 spiro atoms. The molecule has 0 bridgehead atoms. The molecule has 1 unspecified atom stereocenters. The van der Waals surface area contributed by atoms with Crippen LogP contribution in [0.5, 0.6) is 0 Å². The second kappa shape index (κ2) is 14.8. The predicted octanol–water partition coefficient (Wildman–Crippen LogP) is 17.7. The second-order valence-electron chi connectivity index (χ2n) is 18.8. The van der Waals surface area contributed by atoms with E-state index in [4.69, 9.17) is 9.98 Å². The molecule has 0 saturated heterocycles. The van der Waals surface area contributed by atoms with E-state index in [9.17, 15) is 0 Å². The van der Waals surface area contributed by atoms with Crippen molar-refractivity contribution in [2.45, 2.75) is 13.0 Å². The van der Waals surface area contributed by atoms with Gasteiger partial charge in [-0.1, -0.05) is 171 Å². The topological polar surface area (TPSA) is 29.6 Å². The Kier molecular flexibility index (Phi) is 8.28. The van der Waals surface area contributed by atoms with Crippen LogP contribution in [0.2, 0.25) is 0 Å². The summed E-state index contributed by atoms with van der Waals surface area (Å²) in [6.45, 7) is 2.34. The van der Waals surface area contributed by atoms with Crippen molar-refractivity contribution < 1.29 is 0 Å². The summed E-state index contributed by atoms with van der Waals surface area (Å²) in [7, 11) is 0. The number of fused-ring (bicyclic) bond motifs is 14. The van der Waals surface area contributed by atoms with Gasteiger partial charge in [0.05, 0.1) is 28.5 Å². The van der Waals surface area contributed by atoms with Crippen LogP contribution in [0.4, 0.5) is 0 Å². The van der Waals surface area contributed by atoms with Gasteiger partial charge in [-0.2, -0.15) is 0 Å². The third kappa shape index (κ3) is 5.73. The fourth-order valence-corrected chi connectivity index (χ4v) is 13.0. The Morgan fingerprint density at radius 2 is 0.884 bits per heavy atom. The number of aromatic nitrogens is 1. The van der Waals surface area contributed by atoms with Crippen molar-refractivity contribution in [3.05, 3.63) is 235 Å². The molecule has 3 nitrogen and oxygen atoms in total. The minimum Gasteiger partial charge on any atom is -0.308 e. The van der Waals surface area contributed by atoms with Crippen LogP contribution in [0.3, 0.4) is 0 Å². The molecule has 2 aromatic heterocycles. The number of aliphatic imine (C=N–C) groups is 2. The van der Waals surface area contributed by atoms with Gasteiger partial charge in [0.15, 0.2) is 5.84 Å². The lowest BCUT2D eigenvalue weighted by Crippen LogP contribution is -2.27. The van der Waals surface area contributed by atoms with Crippen molar-refractivity contribution in [1.82, 2.24) is 4.57 Å². The number of benzene rings is 12. The summed E-state index contributed by atoms with van der Waals surface area (Å²) in [6, 6.07) is 80.5. The summed E-state index contributed by atoms with van der Waals surface area (Å²) in [5.41, 5.74) is 7.85. The normalized spacial score (nSPS) is 15.5. The first-order chi connectivity index (χ1) is 34.1. The van der Waals surface area contributed by atoms with Crippen molar-refractivity contribution in [3.8, 4) is 5.69 Å². The Bertz CT molecular complexity index is 4490. The van der Waals surface area contributed by atoms with Gasteiger partial charge in [-0.05, 0) is 125 Å². The molecule has 0 radical (unpaired) electrons. The van der Waals surface area contributed by atoms with Crippen LogP contribution >= 0.6 is 11.3 Å². The lowest BCUT2D eigenvalue weighted by Gasteiger charge is -2.30. The van der Waals surface area contributed by atoms with Gasteiger partial charge in [0.2, 0.25) is 0 Å². The van der Waals surface area contributed by atoms with Crippen molar-refractivity contribution in [2.24, 2.45) is 15.9 Å². The van der Waals surface area contributed by atoms with Gasteiger partial charge in [-0.25, -0.2) is 4.99 Å². The molecule has 12 aromatic carbocycles. The zero-order valence-corrected chi connectivity index (χ0v) is 38.5. The summed E-state index contributed by atoms with van der Waals surface area (Å²) in [5.74, 6) is 0.675. The SMILES string of the molecule is C[C@@H]1C(c2cc3ccccc3c3ccccc23)=NC(c2ccc3sc4ccccc4c3c2-n2c3cc4ccccc4cc3c3cc4ccccc4cc32)=NC1c1cc2ccccc2c2ccccc12. The minimum absolute atomic E-state index is 0.0667. The fraction of sp³-hybridized carbons (Fsp3) is 0.0462. The maximum atomic E-state index is 6.00. The zero-order valence-electron chi connectivity index (χ0n) is 37.7. The highest BCUT2D eigenvalue weighted by molar-refractivity contribution is 7.25. The van der Waals surface area contributed by atoms with Gasteiger partial charge in [-0.15, -0.1) is 11.3 Å². The van der Waals surface area contributed by atoms with Crippen molar-refractivity contribution >= 4 is 129 Å². The Hall–Kier alpha value is -8.44. The molecule has 2 atom stereocenters. The van der Waals surface area contributed by atoms with Gasteiger partial charge in [0.1, 0.15) is 0 Å². The largest absolute Gasteiger partial charge is 0.308 e. The maximum absolute atomic E-state index is 6.00. The molecule has 0 amide bonds. The van der Waals surface area contributed by atoms with E-state index in [0.717, 1.165) is 39.4 Å². The van der Waals surface area contributed by atoms with E-state index in [2.05, 4.69) is 230 Å². The van der Waals surface area contributed by atoms with E-state index in [1.165, 1.54) is 101 Å². The van der Waals surface area contributed by atoms with Crippen LogP contribution < -0.4 is 0 Å². The predicted molar refractivity (Wildman–Crippen MR) is 297 cm³/mol. The first kappa shape index (κ1) is 38.6. The maximum Gasteiger partial charge on any atom is 0.157 e. The van der Waals surface area contributed by atoms with Crippen LogP contribution in [0.15, 0.2) is 228 Å². The summed E-state index contributed by atoms with van der Waals surface area (Å²) in [6.07, 6.45) is 0. The summed E-state index contributed by atoms with van der Waals surface area (Å²) < 4.78 is 5.05.